The fourth-order valence-electron chi connectivity index (χ4n) is 7.96. The van der Waals surface area contributed by atoms with Crippen LogP contribution in [0.1, 0.15) is 27.8 Å². The molecule has 0 fully saturated rings. The zero-order valence-electron chi connectivity index (χ0n) is 26.7. The second kappa shape index (κ2) is 10.8. The molecule has 50 heavy (non-hydrogen) atoms. The lowest BCUT2D eigenvalue weighted by Gasteiger charge is -2.39. The summed E-state index contributed by atoms with van der Waals surface area (Å²) < 4.78 is 6.53. The van der Waals surface area contributed by atoms with Crippen LogP contribution in [0, 0.1) is 11.3 Å². The average molecular weight is 639 g/mol. The zero-order valence-corrected chi connectivity index (χ0v) is 26.7. The predicted octanol–water partition coefficient (Wildman–Crippen LogP) is 10.4. The predicted molar refractivity (Wildman–Crippen MR) is 196 cm³/mol. The second-order valence-electron chi connectivity index (χ2n) is 12.6. The number of fused-ring (bicyclic) bond motifs is 10. The van der Waals surface area contributed by atoms with Gasteiger partial charge in [-0.25, -0.2) is 15.0 Å². The summed E-state index contributed by atoms with van der Waals surface area (Å²) in [7, 11) is 0. The highest BCUT2D eigenvalue weighted by molar-refractivity contribution is 5.97. The Hall–Kier alpha value is -6.90. The van der Waals surface area contributed by atoms with Crippen LogP contribution in [0.3, 0.4) is 0 Å². The quantitative estimate of drug-likeness (QED) is 0.193. The number of nitrogens with zero attached hydrogens (tertiary/aromatic N) is 4. The van der Waals surface area contributed by atoms with E-state index in [9.17, 15) is 5.26 Å². The van der Waals surface area contributed by atoms with Gasteiger partial charge in [-0.15, -0.1) is 0 Å². The topological polar surface area (TPSA) is 71.7 Å². The van der Waals surface area contributed by atoms with Crippen molar-refractivity contribution in [1.82, 2.24) is 15.0 Å². The molecule has 232 valence electrons. The minimum Gasteiger partial charge on any atom is -0.457 e. The van der Waals surface area contributed by atoms with Crippen molar-refractivity contribution in [2.75, 3.05) is 0 Å². The molecular formula is C45H26N4O. The highest BCUT2D eigenvalue weighted by Crippen LogP contribution is 2.63. The molecule has 2 aliphatic rings. The molecular weight excluding hydrogens is 613 g/mol. The van der Waals surface area contributed by atoms with Crippen molar-refractivity contribution in [3.05, 3.63) is 186 Å². The molecule has 0 radical (unpaired) electrons. The standard InChI is InChI=1S/C45H26N4O/c46-27-28-24-25-40-38(26-28)45(36-21-8-9-23-39(36)50-40)35-20-7-6-17-33(35)41-34(19-11-22-37(41)45)44-48-42(30-13-2-1-3-14-30)47-43(49-44)32-18-10-15-29-12-4-5-16-31(29)32/h1-26H. The second-order valence-corrected chi connectivity index (χ2v) is 12.6. The molecule has 1 spiro atoms. The van der Waals surface area contributed by atoms with Crippen molar-refractivity contribution in [2.45, 2.75) is 5.41 Å². The summed E-state index contributed by atoms with van der Waals surface area (Å²) in [5, 5.41) is 12.2. The maximum Gasteiger partial charge on any atom is 0.164 e. The molecule has 0 N–H and O–H groups in total. The summed E-state index contributed by atoms with van der Waals surface area (Å²) in [6.45, 7) is 0. The summed E-state index contributed by atoms with van der Waals surface area (Å²) in [6, 6.07) is 56.0. The zero-order chi connectivity index (χ0) is 33.2. The van der Waals surface area contributed by atoms with Gasteiger partial charge in [-0.05, 0) is 57.3 Å². The Labute approximate surface area is 288 Å². The van der Waals surface area contributed by atoms with Gasteiger partial charge in [0.05, 0.1) is 17.0 Å². The number of hydrogen-bond acceptors (Lipinski definition) is 5. The van der Waals surface area contributed by atoms with E-state index in [1.165, 1.54) is 0 Å². The lowest BCUT2D eigenvalue weighted by atomic mass is 9.66. The summed E-state index contributed by atoms with van der Waals surface area (Å²) in [6.07, 6.45) is 0. The molecule has 0 saturated heterocycles. The minimum atomic E-state index is -0.729. The van der Waals surface area contributed by atoms with E-state index in [0.29, 0.717) is 23.0 Å². The molecule has 0 amide bonds. The first-order valence-electron chi connectivity index (χ1n) is 16.6. The maximum absolute atomic E-state index is 10.0. The van der Waals surface area contributed by atoms with E-state index in [2.05, 4.69) is 91.0 Å². The third-order valence-corrected chi connectivity index (χ3v) is 10.0. The number of para-hydroxylation sites is 1. The molecule has 0 saturated carbocycles. The molecule has 7 aromatic carbocycles. The molecule has 1 aromatic heterocycles. The molecule has 5 heteroatoms. The van der Waals surface area contributed by atoms with Crippen LogP contribution >= 0.6 is 0 Å². The number of ether oxygens (including phenoxy) is 1. The van der Waals surface area contributed by atoms with Gasteiger partial charge >= 0.3 is 0 Å². The smallest absolute Gasteiger partial charge is 0.164 e. The minimum absolute atomic E-state index is 0.581. The lowest BCUT2D eigenvalue weighted by Crippen LogP contribution is -2.32. The number of benzene rings is 7. The van der Waals surface area contributed by atoms with Gasteiger partial charge in [0.25, 0.3) is 0 Å². The van der Waals surface area contributed by atoms with Crippen molar-refractivity contribution in [2.24, 2.45) is 0 Å². The molecule has 2 heterocycles. The van der Waals surface area contributed by atoms with Crippen molar-refractivity contribution < 1.29 is 4.74 Å². The van der Waals surface area contributed by atoms with E-state index in [1.807, 2.05) is 72.8 Å². The maximum atomic E-state index is 10.0. The monoisotopic (exact) mass is 638 g/mol. The third kappa shape index (κ3) is 3.97. The van der Waals surface area contributed by atoms with Crippen LogP contribution in [-0.4, -0.2) is 15.0 Å². The lowest BCUT2D eigenvalue weighted by molar-refractivity contribution is 0.436. The van der Waals surface area contributed by atoms with Gasteiger partial charge in [-0.3, -0.25) is 0 Å². The molecule has 10 rings (SSSR count). The van der Waals surface area contributed by atoms with E-state index in [1.54, 1.807) is 0 Å². The summed E-state index contributed by atoms with van der Waals surface area (Å²) in [5.74, 6) is 3.35. The number of nitriles is 1. The van der Waals surface area contributed by atoms with Gasteiger partial charge in [0.1, 0.15) is 11.5 Å². The van der Waals surface area contributed by atoms with Crippen molar-refractivity contribution in [3.63, 3.8) is 0 Å². The molecule has 5 nitrogen and oxygen atoms in total. The summed E-state index contributed by atoms with van der Waals surface area (Å²) in [5.41, 5.74) is 8.97. The van der Waals surface area contributed by atoms with Gasteiger partial charge in [0, 0.05) is 27.8 Å². The van der Waals surface area contributed by atoms with Crippen LogP contribution in [0.4, 0.5) is 0 Å². The van der Waals surface area contributed by atoms with Gasteiger partial charge in [0.15, 0.2) is 17.5 Å². The van der Waals surface area contributed by atoms with Gasteiger partial charge < -0.3 is 4.74 Å². The first-order chi connectivity index (χ1) is 24.7. The fourth-order valence-corrected chi connectivity index (χ4v) is 7.96. The molecule has 1 aliphatic carbocycles. The van der Waals surface area contributed by atoms with Crippen LogP contribution in [0.2, 0.25) is 0 Å². The Bertz CT molecular complexity index is 2710. The number of rotatable bonds is 3. The van der Waals surface area contributed by atoms with Crippen LogP contribution < -0.4 is 4.74 Å². The van der Waals surface area contributed by atoms with E-state index >= 15 is 0 Å². The highest BCUT2D eigenvalue weighted by Gasteiger charge is 2.51. The Morgan fingerprint density at radius 2 is 1.10 bits per heavy atom. The van der Waals surface area contributed by atoms with E-state index < -0.39 is 5.41 Å². The van der Waals surface area contributed by atoms with E-state index in [4.69, 9.17) is 19.7 Å². The highest BCUT2D eigenvalue weighted by atomic mass is 16.5. The number of hydrogen-bond donors (Lipinski definition) is 0. The average Bonchev–Trinajstić information content (AvgIpc) is 3.48. The van der Waals surface area contributed by atoms with Crippen molar-refractivity contribution >= 4 is 10.8 Å². The van der Waals surface area contributed by atoms with Gasteiger partial charge in [-0.1, -0.05) is 133 Å². The number of aromatic nitrogens is 3. The van der Waals surface area contributed by atoms with Crippen LogP contribution in [0.25, 0.3) is 56.1 Å². The molecule has 1 atom stereocenters. The van der Waals surface area contributed by atoms with Crippen LogP contribution in [0.15, 0.2) is 158 Å². The normalized spacial score (nSPS) is 15.0. The Kier molecular flexibility index (Phi) is 6.09. The molecule has 1 aliphatic heterocycles. The van der Waals surface area contributed by atoms with Gasteiger partial charge in [-0.2, -0.15) is 5.26 Å². The summed E-state index contributed by atoms with van der Waals surface area (Å²) >= 11 is 0. The fraction of sp³-hybridized carbons (Fsp3) is 0.0222. The van der Waals surface area contributed by atoms with E-state index in [0.717, 1.165) is 72.3 Å². The van der Waals surface area contributed by atoms with Crippen LogP contribution in [0.5, 0.6) is 11.5 Å². The first-order valence-corrected chi connectivity index (χ1v) is 16.6. The van der Waals surface area contributed by atoms with Crippen molar-refractivity contribution in [3.8, 4) is 62.9 Å². The SMILES string of the molecule is N#Cc1ccc2c(c1)C1(c3ccccc3O2)c2ccccc2-c2c(-c3nc(-c4ccccc4)nc(-c4cccc5ccccc45)n3)cccc21. The van der Waals surface area contributed by atoms with E-state index in [-0.39, 0.29) is 0 Å². The largest absolute Gasteiger partial charge is 0.457 e. The Morgan fingerprint density at radius 3 is 1.98 bits per heavy atom. The van der Waals surface area contributed by atoms with Crippen LogP contribution in [-0.2, 0) is 5.41 Å². The Morgan fingerprint density at radius 1 is 0.480 bits per heavy atom. The Balaban J connectivity index is 1.30. The molecule has 8 aromatic rings. The van der Waals surface area contributed by atoms with Gasteiger partial charge in [0.2, 0.25) is 0 Å². The molecule has 0 bridgehead atoms. The molecule has 1 unspecified atom stereocenters. The third-order valence-electron chi connectivity index (χ3n) is 10.0. The first kappa shape index (κ1) is 28.1. The van der Waals surface area contributed by atoms with Crippen molar-refractivity contribution in [1.29, 1.82) is 5.26 Å². The summed E-state index contributed by atoms with van der Waals surface area (Å²) in [4.78, 5) is 15.5.